The molecule has 1 heterocycles. The van der Waals surface area contributed by atoms with Crippen molar-refractivity contribution in [3.63, 3.8) is 0 Å². The second-order valence-corrected chi connectivity index (χ2v) is 4.30. The van der Waals surface area contributed by atoms with Gasteiger partial charge in [-0.3, -0.25) is 9.59 Å². The van der Waals surface area contributed by atoms with Crippen molar-refractivity contribution in [3.8, 4) is 0 Å². The predicted molar refractivity (Wildman–Crippen MR) is 64.0 cm³/mol. The van der Waals surface area contributed by atoms with Crippen molar-refractivity contribution in [3.05, 3.63) is 22.8 Å². The lowest BCUT2D eigenvalue weighted by Crippen LogP contribution is -2.19. The number of halogens is 1. The molecule has 0 aromatic carbocycles. The number of aromatic nitrogens is 1. The molecule has 2 N–H and O–H groups in total. The van der Waals surface area contributed by atoms with Gasteiger partial charge in [0.2, 0.25) is 5.91 Å². The van der Waals surface area contributed by atoms with Crippen LogP contribution in [-0.4, -0.2) is 23.8 Å². The van der Waals surface area contributed by atoms with Gasteiger partial charge in [0.25, 0.3) is 5.91 Å². The average molecular weight is 254 g/mol. The third-order valence-electron chi connectivity index (χ3n) is 2.52. The van der Waals surface area contributed by atoms with Gasteiger partial charge in [-0.15, -0.1) is 0 Å². The van der Waals surface area contributed by atoms with Crippen LogP contribution in [0.5, 0.6) is 0 Å². The van der Waals surface area contributed by atoms with Crippen molar-refractivity contribution >= 4 is 29.2 Å². The largest absolute Gasteiger partial charge is 0.355 e. The van der Waals surface area contributed by atoms with Gasteiger partial charge in [-0.1, -0.05) is 11.6 Å². The van der Waals surface area contributed by atoms with Crippen molar-refractivity contribution in [1.29, 1.82) is 0 Å². The smallest absolute Gasteiger partial charge is 0.254 e. The third kappa shape index (κ3) is 2.74. The van der Waals surface area contributed by atoms with Crippen LogP contribution in [0.2, 0.25) is 5.02 Å². The zero-order chi connectivity index (χ0) is 12.4. The zero-order valence-electron chi connectivity index (χ0n) is 9.29. The Morgan fingerprint density at radius 1 is 1.47 bits per heavy atom. The first-order valence-electron chi connectivity index (χ1n) is 5.30. The molecule has 90 valence electrons. The molecule has 0 atom stereocenters. The first kappa shape index (κ1) is 11.9. The molecule has 6 heteroatoms. The highest BCUT2D eigenvalue weighted by molar-refractivity contribution is 6.34. The van der Waals surface area contributed by atoms with Crippen LogP contribution < -0.4 is 10.6 Å². The Bertz CT molecular complexity index is 472. The topological polar surface area (TPSA) is 71.1 Å². The predicted octanol–water partition coefficient (Wildman–Crippen LogP) is 1.44. The number of anilines is 1. The number of carbonyl (C=O) groups is 2. The van der Waals surface area contributed by atoms with E-state index in [0.29, 0.717) is 11.4 Å². The lowest BCUT2D eigenvalue weighted by Gasteiger charge is -2.06. The maximum Gasteiger partial charge on any atom is 0.254 e. The van der Waals surface area contributed by atoms with E-state index in [1.54, 1.807) is 0 Å². The summed E-state index contributed by atoms with van der Waals surface area (Å²) in [5.41, 5.74) is 0.290. The summed E-state index contributed by atoms with van der Waals surface area (Å²) in [6.45, 7) is 0. The summed E-state index contributed by atoms with van der Waals surface area (Å²) in [7, 11) is 1.52. The molecule has 1 aliphatic rings. The summed E-state index contributed by atoms with van der Waals surface area (Å²) < 4.78 is 0. The maximum absolute atomic E-state index is 11.5. The van der Waals surface area contributed by atoms with Crippen molar-refractivity contribution in [2.24, 2.45) is 5.92 Å². The SMILES string of the molecule is CNC(=O)c1cnc(NC(=O)C2CC2)cc1Cl. The maximum atomic E-state index is 11.5. The molecule has 2 rings (SSSR count). The average Bonchev–Trinajstić information content (AvgIpc) is 3.12. The fourth-order valence-corrected chi connectivity index (χ4v) is 1.61. The molecular weight excluding hydrogens is 242 g/mol. The van der Waals surface area contributed by atoms with Crippen LogP contribution in [0.15, 0.2) is 12.3 Å². The highest BCUT2D eigenvalue weighted by atomic mass is 35.5. The fraction of sp³-hybridized carbons (Fsp3) is 0.364. The molecule has 1 aliphatic carbocycles. The van der Waals surface area contributed by atoms with E-state index in [1.165, 1.54) is 19.3 Å². The van der Waals surface area contributed by atoms with E-state index in [-0.39, 0.29) is 22.8 Å². The molecule has 1 aromatic rings. The highest BCUT2D eigenvalue weighted by Gasteiger charge is 2.29. The van der Waals surface area contributed by atoms with E-state index in [2.05, 4.69) is 15.6 Å². The minimum atomic E-state index is -0.303. The molecule has 0 saturated heterocycles. The standard InChI is InChI=1S/C11H12ClN3O2/c1-13-11(17)7-5-14-9(4-8(7)12)15-10(16)6-2-3-6/h4-6H,2-3H2,1H3,(H,13,17)(H,14,15,16). The van der Waals surface area contributed by atoms with Gasteiger partial charge in [-0.2, -0.15) is 0 Å². The lowest BCUT2D eigenvalue weighted by atomic mass is 10.2. The van der Waals surface area contributed by atoms with Crippen LogP contribution in [-0.2, 0) is 4.79 Å². The number of hydrogen-bond acceptors (Lipinski definition) is 3. The van der Waals surface area contributed by atoms with Crippen molar-refractivity contribution in [2.75, 3.05) is 12.4 Å². The Balaban J connectivity index is 2.12. The van der Waals surface area contributed by atoms with Gasteiger partial charge in [-0.05, 0) is 12.8 Å². The number of hydrogen-bond donors (Lipinski definition) is 2. The second-order valence-electron chi connectivity index (χ2n) is 3.89. The van der Waals surface area contributed by atoms with E-state index < -0.39 is 0 Å². The number of nitrogens with one attached hydrogen (secondary N) is 2. The first-order chi connectivity index (χ1) is 8.11. The number of nitrogens with zero attached hydrogens (tertiary/aromatic N) is 1. The number of carbonyl (C=O) groups excluding carboxylic acids is 2. The molecule has 1 saturated carbocycles. The summed E-state index contributed by atoms with van der Waals surface area (Å²) in [5, 5.41) is 5.39. The van der Waals surface area contributed by atoms with E-state index in [0.717, 1.165) is 12.8 Å². The van der Waals surface area contributed by atoms with Gasteiger partial charge < -0.3 is 10.6 Å². The Morgan fingerprint density at radius 3 is 2.71 bits per heavy atom. The summed E-state index contributed by atoms with van der Waals surface area (Å²) in [6.07, 6.45) is 3.20. The van der Waals surface area contributed by atoms with E-state index in [9.17, 15) is 9.59 Å². The Hall–Kier alpha value is -1.62. The molecule has 5 nitrogen and oxygen atoms in total. The summed E-state index contributed by atoms with van der Waals surface area (Å²) >= 11 is 5.93. The minimum absolute atomic E-state index is 0.0405. The van der Waals surface area contributed by atoms with Crippen LogP contribution in [0.1, 0.15) is 23.2 Å². The molecule has 17 heavy (non-hydrogen) atoms. The van der Waals surface area contributed by atoms with Gasteiger partial charge in [0.1, 0.15) is 5.82 Å². The number of rotatable bonds is 3. The van der Waals surface area contributed by atoms with Gasteiger partial charge in [0.15, 0.2) is 0 Å². The molecule has 0 radical (unpaired) electrons. The quantitative estimate of drug-likeness (QED) is 0.856. The molecule has 0 aliphatic heterocycles. The van der Waals surface area contributed by atoms with Crippen LogP contribution in [0.25, 0.3) is 0 Å². The minimum Gasteiger partial charge on any atom is -0.355 e. The number of amides is 2. The Labute approximate surface area is 104 Å². The fourth-order valence-electron chi connectivity index (χ4n) is 1.37. The van der Waals surface area contributed by atoms with Crippen LogP contribution >= 0.6 is 11.6 Å². The van der Waals surface area contributed by atoms with E-state index >= 15 is 0 Å². The van der Waals surface area contributed by atoms with Crippen LogP contribution in [0, 0.1) is 5.92 Å². The molecule has 1 fully saturated rings. The van der Waals surface area contributed by atoms with Crippen LogP contribution in [0.3, 0.4) is 0 Å². The molecular formula is C11H12ClN3O2. The lowest BCUT2D eigenvalue weighted by molar-refractivity contribution is -0.117. The molecule has 0 spiro atoms. The van der Waals surface area contributed by atoms with Gasteiger partial charge in [0, 0.05) is 25.2 Å². The molecule has 0 bridgehead atoms. The normalized spacial score (nSPS) is 14.2. The first-order valence-corrected chi connectivity index (χ1v) is 5.68. The van der Waals surface area contributed by atoms with Gasteiger partial charge >= 0.3 is 0 Å². The third-order valence-corrected chi connectivity index (χ3v) is 2.84. The van der Waals surface area contributed by atoms with Gasteiger partial charge in [0.05, 0.1) is 10.6 Å². The van der Waals surface area contributed by atoms with Crippen molar-refractivity contribution < 1.29 is 9.59 Å². The van der Waals surface area contributed by atoms with E-state index in [1.807, 2.05) is 0 Å². The second kappa shape index (κ2) is 4.71. The summed E-state index contributed by atoms with van der Waals surface area (Å²) in [4.78, 5) is 26.8. The van der Waals surface area contributed by atoms with Crippen molar-refractivity contribution in [2.45, 2.75) is 12.8 Å². The number of pyridine rings is 1. The van der Waals surface area contributed by atoms with Crippen molar-refractivity contribution in [1.82, 2.24) is 10.3 Å². The Kier molecular flexibility index (Phi) is 3.28. The monoisotopic (exact) mass is 253 g/mol. The van der Waals surface area contributed by atoms with Gasteiger partial charge in [-0.25, -0.2) is 4.98 Å². The molecule has 1 aromatic heterocycles. The zero-order valence-corrected chi connectivity index (χ0v) is 10.0. The molecule has 2 amide bonds. The van der Waals surface area contributed by atoms with Crippen LogP contribution in [0.4, 0.5) is 5.82 Å². The summed E-state index contributed by atoms with van der Waals surface area (Å²) in [5.74, 6) is 0.137. The summed E-state index contributed by atoms with van der Waals surface area (Å²) in [6, 6.07) is 1.48. The highest BCUT2D eigenvalue weighted by Crippen LogP contribution is 2.30. The Morgan fingerprint density at radius 2 is 2.18 bits per heavy atom. The van der Waals surface area contributed by atoms with E-state index in [4.69, 9.17) is 11.6 Å². The molecule has 0 unspecified atom stereocenters.